The number of hydrogen-bond donors (Lipinski definition) is 0. The molecule has 0 N–H and O–H groups in total. The first kappa shape index (κ1) is 8.98. The monoisotopic (exact) mass is 195 g/mol. The van der Waals surface area contributed by atoms with Crippen LogP contribution < -0.4 is 0 Å². The zero-order valence-electron chi connectivity index (χ0n) is 7.64. The lowest BCUT2D eigenvalue weighted by Gasteiger charge is -1.99. The van der Waals surface area contributed by atoms with Crippen molar-refractivity contribution in [3.05, 3.63) is 42.0 Å². The highest BCUT2D eigenvalue weighted by molar-refractivity contribution is 5.67. The van der Waals surface area contributed by atoms with Crippen molar-refractivity contribution >= 4 is 0 Å². The van der Waals surface area contributed by atoms with Crippen molar-refractivity contribution in [3.63, 3.8) is 0 Å². The molecular weight excluding hydrogens is 190 g/mol. The van der Waals surface area contributed by atoms with Crippen LogP contribution in [0.4, 0.5) is 0 Å². The second-order valence-corrected chi connectivity index (χ2v) is 2.86. The van der Waals surface area contributed by atoms with Crippen molar-refractivity contribution in [3.8, 4) is 23.4 Å². The van der Waals surface area contributed by atoms with Gasteiger partial charge in [-0.3, -0.25) is 0 Å². The van der Waals surface area contributed by atoms with Gasteiger partial charge in [-0.1, -0.05) is 6.07 Å². The van der Waals surface area contributed by atoms with Gasteiger partial charge in [0.1, 0.15) is 12.0 Å². The highest BCUT2D eigenvalue weighted by Crippen LogP contribution is 2.22. The maximum Gasteiger partial charge on any atom is 0.181 e. The van der Waals surface area contributed by atoms with Crippen LogP contribution in [0.1, 0.15) is 11.1 Å². The minimum Gasteiger partial charge on any atom is -0.451 e. The largest absolute Gasteiger partial charge is 0.451 e. The summed E-state index contributed by atoms with van der Waals surface area (Å²) in [6.07, 6.45) is 2.76. The first-order chi connectivity index (χ1) is 7.35. The van der Waals surface area contributed by atoms with Crippen molar-refractivity contribution in [2.75, 3.05) is 0 Å². The summed E-state index contributed by atoms with van der Waals surface area (Å²) in [6, 6.07) is 8.87. The SMILES string of the molecule is N#Cc1ccc(-c2cocn2)c(C#N)c1. The fourth-order valence-corrected chi connectivity index (χ4v) is 1.28. The summed E-state index contributed by atoms with van der Waals surface area (Å²) >= 11 is 0. The lowest BCUT2D eigenvalue weighted by Crippen LogP contribution is -1.86. The Balaban J connectivity index is 2.60. The van der Waals surface area contributed by atoms with E-state index in [9.17, 15) is 0 Å². The van der Waals surface area contributed by atoms with Crippen LogP contribution in [0.3, 0.4) is 0 Å². The minimum atomic E-state index is 0.419. The molecule has 1 aromatic carbocycles. The summed E-state index contributed by atoms with van der Waals surface area (Å²) in [5.74, 6) is 0. The van der Waals surface area contributed by atoms with Gasteiger partial charge in [0.2, 0.25) is 0 Å². The van der Waals surface area contributed by atoms with E-state index in [1.54, 1.807) is 12.1 Å². The van der Waals surface area contributed by atoms with Crippen molar-refractivity contribution in [2.45, 2.75) is 0 Å². The molecule has 2 rings (SSSR count). The first-order valence-corrected chi connectivity index (χ1v) is 4.18. The van der Waals surface area contributed by atoms with Gasteiger partial charge in [0.05, 0.1) is 23.3 Å². The van der Waals surface area contributed by atoms with Crippen LogP contribution in [-0.2, 0) is 0 Å². The van der Waals surface area contributed by atoms with Gasteiger partial charge in [0, 0.05) is 5.56 Å². The second-order valence-electron chi connectivity index (χ2n) is 2.86. The van der Waals surface area contributed by atoms with Gasteiger partial charge in [-0.15, -0.1) is 0 Å². The van der Waals surface area contributed by atoms with Gasteiger partial charge in [0.15, 0.2) is 6.39 Å². The molecule has 0 radical (unpaired) electrons. The number of oxazole rings is 1. The molecule has 4 nitrogen and oxygen atoms in total. The Morgan fingerprint density at radius 3 is 2.67 bits per heavy atom. The topological polar surface area (TPSA) is 73.6 Å². The van der Waals surface area contributed by atoms with Crippen LogP contribution in [0.15, 0.2) is 35.3 Å². The smallest absolute Gasteiger partial charge is 0.181 e. The minimum absolute atomic E-state index is 0.419. The second kappa shape index (κ2) is 3.65. The Kier molecular flexibility index (Phi) is 2.19. The molecule has 70 valence electrons. The van der Waals surface area contributed by atoms with Gasteiger partial charge in [-0.25, -0.2) is 4.98 Å². The summed E-state index contributed by atoms with van der Waals surface area (Å²) in [5, 5.41) is 17.6. The number of rotatable bonds is 1. The summed E-state index contributed by atoms with van der Waals surface area (Å²) in [6.45, 7) is 0. The number of benzene rings is 1. The van der Waals surface area contributed by atoms with E-state index in [0.717, 1.165) is 0 Å². The molecule has 1 heterocycles. The summed E-state index contributed by atoms with van der Waals surface area (Å²) in [5.41, 5.74) is 2.14. The molecule has 1 aromatic heterocycles. The van der Waals surface area contributed by atoms with Gasteiger partial charge in [-0.05, 0) is 12.1 Å². The third kappa shape index (κ3) is 1.56. The average molecular weight is 195 g/mol. The zero-order chi connectivity index (χ0) is 10.7. The highest BCUT2D eigenvalue weighted by Gasteiger charge is 2.07. The Hall–Kier alpha value is -2.59. The normalized spacial score (nSPS) is 9.20. The molecule has 0 aliphatic heterocycles. The molecule has 2 aromatic rings. The Bertz CT molecular complexity index is 559. The molecule has 0 fully saturated rings. The summed E-state index contributed by atoms with van der Waals surface area (Å²) in [7, 11) is 0. The lowest BCUT2D eigenvalue weighted by molar-refractivity contribution is 0.558. The van der Waals surface area contributed by atoms with Crippen molar-refractivity contribution in [1.82, 2.24) is 4.98 Å². The summed E-state index contributed by atoms with van der Waals surface area (Å²) in [4.78, 5) is 3.95. The number of nitrogens with zero attached hydrogens (tertiary/aromatic N) is 3. The van der Waals surface area contributed by atoms with E-state index in [1.807, 2.05) is 12.1 Å². The van der Waals surface area contributed by atoms with Crippen LogP contribution in [0.25, 0.3) is 11.3 Å². The fraction of sp³-hybridized carbons (Fsp3) is 0. The van der Waals surface area contributed by atoms with Crippen LogP contribution in [0.2, 0.25) is 0 Å². The molecule has 0 saturated carbocycles. The van der Waals surface area contributed by atoms with Crippen molar-refractivity contribution in [1.29, 1.82) is 10.5 Å². The molecule has 0 unspecified atom stereocenters. The predicted molar refractivity (Wildman–Crippen MR) is 51.4 cm³/mol. The highest BCUT2D eigenvalue weighted by atomic mass is 16.3. The lowest BCUT2D eigenvalue weighted by atomic mass is 10.0. The molecule has 0 aliphatic carbocycles. The molecule has 0 atom stereocenters. The quantitative estimate of drug-likeness (QED) is 0.698. The molecule has 4 heteroatoms. The maximum atomic E-state index is 8.92. The van der Waals surface area contributed by atoms with Crippen LogP contribution in [0.5, 0.6) is 0 Å². The van der Waals surface area contributed by atoms with Gasteiger partial charge in [-0.2, -0.15) is 10.5 Å². The zero-order valence-corrected chi connectivity index (χ0v) is 7.64. The van der Waals surface area contributed by atoms with Crippen LogP contribution >= 0.6 is 0 Å². The molecule has 0 saturated heterocycles. The molecule has 0 amide bonds. The van der Waals surface area contributed by atoms with Crippen molar-refractivity contribution in [2.24, 2.45) is 0 Å². The molecular formula is C11H5N3O. The van der Waals surface area contributed by atoms with E-state index in [2.05, 4.69) is 4.98 Å². The van der Waals surface area contributed by atoms with E-state index in [4.69, 9.17) is 14.9 Å². The third-order valence-corrected chi connectivity index (χ3v) is 1.98. The predicted octanol–water partition coefficient (Wildman–Crippen LogP) is 2.08. The first-order valence-electron chi connectivity index (χ1n) is 4.18. The van der Waals surface area contributed by atoms with Gasteiger partial charge in [0.25, 0.3) is 0 Å². The van der Waals surface area contributed by atoms with Gasteiger partial charge < -0.3 is 4.42 Å². The Morgan fingerprint density at radius 1 is 1.20 bits per heavy atom. The number of hydrogen-bond acceptors (Lipinski definition) is 4. The number of nitriles is 2. The van der Waals surface area contributed by atoms with E-state index < -0.39 is 0 Å². The fourth-order valence-electron chi connectivity index (χ4n) is 1.28. The Labute approximate surface area is 86.0 Å². The van der Waals surface area contributed by atoms with E-state index in [0.29, 0.717) is 22.4 Å². The Morgan fingerprint density at radius 2 is 2.07 bits per heavy atom. The average Bonchev–Trinajstić information content (AvgIpc) is 2.81. The molecule has 15 heavy (non-hydrogen) atoms. The number of aromatic nitrogens is 1. The van der Waals surface area contributed by atoms with E-state index in [-0.39, 0.29) is 0 Å². The third-order valence-electron chi connectivity index (χ3n) is 1.98. The van der Waals surface area contributed by atoms with E-state index in [1.165, 1.54) is 18.7 Å². The van der Waals surface area contributed by atoms with Crippen molar-refractivity contribution < 1.29 is 4.42 Å². The molecule has 0 spiro atoms. The van der Waals surface area contributed by atoms with Crippen LogP contribution in [0, 0.1) is 22.7 Å². The van der Waals surface area contributed by atoms with Crippen LogP contribution in [-0.4, -0.2) is 4.98 Å². The van der Waals surface area contributed by atoms with Gasteiger partial charge >= 0.3 is 0 Å². The maximum absolute atomic E-state index is 8.92. The molecule has 0 aliphatic rings. The molecule has 0 bridgehead atoms. The standard InChI is InChI=1S/C11H5N3O/c12-4-8-1-2-10(9(3-8)5-13)11-6-15-7-14-11/h1-3,6-7H. The summed E-state index contributed by atoms with van der Waals surface area (Å²) < 4.78 is 4.84. The van der Waals surface area contributed by atoms with E-state index >= 15 is 0 Å².